The Bertz CT molecular complexity index is 406. The topological polar surface area (TPSA) is 29.5 Å². The highest BCUT2D eigenvalue weighted by molar-refractivity contribution is 7.98. The zero-order valence-corrected chi connectivity index (χ0v) is 10.3. The first-order chi connectivity index (χ1) is 7.72. The molecule has 3 nitrogen and oxygen atoms in total. The molecule has 1 heterocycles. The highest BCUT2D eigenvalue weighted by Crippen LogP contribution is 2.32. The molecule has 0 atom stereocenters. The van der Waals surface area contributed by atoms with Crippen LogP contribution in [0.25, 0.3) is 0 Å². The summed E-state index contributed by atoms with van der Waals surface area (Å²) in [4.78, 5) is 13.1. The van der Waals surface area contributed by atoms with E-state index in [0.29, 0.717) is 0 Å². The fourth-order valence-electron chi connectivity index (χ4n) is 1.70. The molecule has 0 aromatic heterocycles. The number of hydrogen-bond donors (Lipinski definition) is 0. The molecule has 0 radical (unpaired) electrons. The highest BCUT2D eigenvalue weighted by Gasteiger charge is 2.21. The molecule has 0 bridgehead atoms. The van der Waals surface area contributed by atoms with E-state index in [1.165, 1.54) is 5.56 Å². The van der Waals surface area contributed by atoms with E-state index < -0.39 is 0 Å². The van der Waals surface area contributed by atoms with Gasteiger partial charge in [0.1, 0.15) is 5.75 Å². The number of amides is 1. The summed E-state index contributed by atoms with van der Waals surface area (Å²) in [5.41, 5.74) is 2.13. The van der Waals surface area contributed by atoms with Crippen molar-refractivity contribution in [2.45, 2.75) is 6.42 Å². The van der Waals surface area contributed by atoms with Gasteiger partial charge in [-0.3, -0.25) is 4.79 Å². The smallest absolute Gasteiger partial charge is 0.264 e. The van der Waals surface area contributed by atoms with Gasteiger partial charge < -0.3 is 9.64 Å². The Morgan fingerprint density at radius 2 is 2.31 bits per heavy atom. The number of carbonyl (C=O) groups excluding carboxylic acids is 1. The van der Waals surface area contributed by atoms with Gasteiger partial charge in [-0.2, -0.15) is 11.8 Å². The number of carbonyl (C=O) groups is 1. The van der Waals surface area contributed by atoms with E-state index in [1.54, 1.807) is 11.9 Å². The van der Waals surface area contributed by atoms with Crippen molar-refractivity contribution >= 4 is 23.4 Å². The van der Waals surface area contributed by atoms with E-state index >= 15 is 0 Å². The summed E-state index contributed by atoms with van der Waals surface area (Å²) in [6, 6.07) is 6.06. The quantitative estimate of drug-likeness (QED) is 0.804. The van der Waals surface area contributed by atoms with E-state index in [4.69, 9.17) is 4.74 Å². The number of nitrogens with zero attached hydrogens (tertiary/aromatic N) is 1. The van der Waals surface area contributed by atoms with Crippen LogP contribution in [0.4, 0.5) is 5.69 Å². The SMILES string of the molecule is CSCCc1ccc2c(c1)OCC(=O)N2C. The third-order valence-electron chi connectivity index (χ3n) is 2.71. The molecule has 4 heteroatoms. The van der Waals surface area contributed by atoms with Crippen LogP contribution >= 0.6 is 11.8 Å². The number of ether oxygens (including phenoxy) is 1. The highest BCUT2D eigenvalue weighted by atomic mass is 32.2. The van der Waals surface area contributed by atoms with E-state index in [0.717, 1.165) is 23.6 Å². The third-order valence-corrected chi connectivity index (χ3v) is 3.32. The third kappa shape index (κ3) is 2.16. The van der Waals surface area contributed by atoms with Crippen LogP contribution in [0, 0.1) is 0 Å². The van der Waals surface area contributed by atoms with Crippen LogP contribution < -0.4 is 9.64 Å². The molecule has 0 unspecified atom stereocenters. The summed E-state index contributed by atoms with van der Waals surface area (Å²) in [5, 5.41) is 0. The number of thioether (sulfide) groups is 1. The first kappa shape index (κ1) is 11.3. The molecule has 0 fully saturated rings. The maximum absolute atomic E-state index is 11.4. The molecule has 2 rings (SSSR count). The minimum absolute atomic E-state index is 0.00404. The zero-order valence-electron chi connectivity index (χ0n) is 9.53. The molecular weight excluding hydrogens is 222 g/mol. The maximum Gasteiger partial charge on any atom is 0.264 e. The lowest BCUT2D eigenvalue weighted by Gasteiger charge is -2.26. The van der Waals surface area contributed by atoms with Gasteiger partial charge in [0.25, 0.3) is 5.91 Å². The summed E-state index contributed by atoms with van der Waals surface area (Å²) in [5.74, 6) is 1.93. The van der Waals surface area contributed by atoms with Gasteiger partial charge in [0.15, 0.2) is 6.61 Å². The number of hydrogen-bond acceptors (Lipinski definition) is 3. The number of fused-ring (bicyclic) bond motifs is 1. The van der Waals surface area contributed by atoms with Gasteiger partial charge in [0.05, 0.1) is 5.69 Å². The van der Waals surface area contributed by atoms with E-state index in [2.05, 4.69) is 12.3 Å². The molecular formula is C12H15NO2S. The van der Waals surface area contributed by atoms with E-state index in [1.807, 2.05) is 23.9 Å². The Labute approximate surface area is 99.8 Å². The van der Waals surface area contributed by atoms with E-state index in [9.17, 15) is 4.79 Å². The first-order valence-electron chi connectivity index (χ1n) is 5.23. The lowest BCUT2D eigenvalue weighted by molar-refractivity contribution is -0.120. The maximum atomic E-state index is 11.4. The average Bonchev–Trinajstić information content (AvgIpc) is 2.31. The Morgan fingerprint density at radius 3 is 3.06 bits per heavy atom. The van der Waals surface area contributed by atoms with Crippen LogP contribution in [0.5, 0.6) is 5.75 Å². The first-order valence-corrected chi connectivity index (χ1v) is 6.63. The molecule has 1 aliphatic rings. The van der Waals surface area contributed by atoms with Gasteiger partial charge in [0, 0.05) is 7.05 Å². The van der Waals surface area contributed by atoms with Crippen LogP contribution in [-0.4, -0.2) is 31.6 Å². The number of likely N-dealkylation sites (N-methyl/N-ethyl adjacent to an activating group) is 1. The molecule has 1 amide bonds. The Kier molecular flexibility index (Phi) is 3.39. The molecule has 0 saturated carbocycles. The van der Waals surface area contributed by atoms with Crippen molar-refractivity contribution in [3.63, 3.8) is 0 Å². The van der Waals surface area contributed by atoms with Crippen molar-refractivity contribution in [3.8, 4) is 5.75 Å². The number of anilines is 1. The molecule has 0 N–H and O–H groups in total. The summed E-state index contributed by atoms with van der Waals surface area (Å²) < 4.78 is 5.43. The zero-order chi connectivity index (χ0) is 11.5. The van der Waals surface area contributed by atoms with Gasteiger partial charge in [-0.1, -0.05) is 6.07 Å². The minimum Gasteiger partial charge on any atom is -0.482 e. The van der Waals surface area contributed by atoms with Crippen molar-refractivity contribution in [1.82, 2.24) is 0 Å². The molecule has 0 saturated heterocycles. The van der Waals surface area contributed by atoms with Crippen molar-refractivity contribution in [1.29, 1.82) is 0 Å². The Hall–Kier alpha value is -1.16. The van der Waals surface area contributed by atoms with Crippen LogP contribution in [0.3, 0.4) is 0 Å². The molecule has 1 aliphatic heterocycles. The fourth-order valence-corrected chi connectivity index (χ4v) is 2.14. The van der Waals surface area contributed by atoms with Gasteiger partial charge in [-0.25, -0.2) is 0 Å². The number of benzene rings is 1. The predicted octanol–water partition coefficient (Wildman–Crippen LogP) is 1.95. The van der Waals surface area contributed by atoms with Crippen LogP contribution in [0.1, 0.15) is 5.56 Å². The normalized spacial score (nSPS) is 14.6. The standard InChI is InChI=1S/C12H15NO2S/c1-13-10-4-3-9(5-6-16-2)7-11(10)15-8-12(13)14/h3-4,7H,5-6,8H2,1-2H3. The van der Waals surface area contributed by atoms with Crippen LogP contribution in [-0.2, 0) is 11.2 Å². The largest absolute Gasteiger partial charge is 0.482 e. The lowest BCUT2D eigenvalue weighted by Crippen LogP contribution is -2.35. The van der Waals surface area contributed by atoms with Crippen molar-refractivity contribution in [3.05, 3.63) is 23.8 Å². The Balaban J connectivity index is 2.23. The minimum atomic E-state index is 0.00404. The van der Waals surface area contributed by atoms with Crippen molar-refractivity contribution in [2.75, 3.05) is 30.6 Å². The molecule has 16 heavy (non-hydrogen) atoms. The van der Waals surface area contributed by atoms with Crippen molar-refractivity contribution < 1.29 is 9.53 Å². The van der Waals surface area contributed by atoms with Crippen molar-refractivity contribution in [2.24, 2.45) is 0 Å². The monoisotopic (exact) mass is 237 g/mol. The second-order valence-corrected chi connectivity index (χ2v) is 4.77. The van der Waals surface area contributed by atoms with Gasteiger partial charge >= 0.3 is 0 Å². The molecule has 86 valence electrons. The van der Waals surface area contributed by atoms with Gasteiger partial charge in [0.2, 0.25) is 0 Å². The summed E-state index contributed by atoms with van der Waals surface area (Å²) in [7, 11) is 1.78. The van der Waals surface area contributed by atoms with E-state index in [-0.39, 0.29) is 12.5 Å². The molecule has 0 spiro atoms. The summed E-state index contributed by atoms with van der Waals surface area (Å²) >= 11 is 1.83. The molecule has 1 aromatic rings. The average molecular weight is 237 g/mol. The lowest BCUT2D eigenvalue weighted by atomic mass is 10.1. The van der Waals surface area contributed by atoms with Crippen LogP contribution in [0.15, 0.2) is 18.2 Å². The Morgan fingerprint density at radius 1 is 1.50 bits per heavy atom. The molecule has 0 aliphatic carbocycles. The molecule has 1 aromatic carbocycles. The summed E-state index contributed by atoms with van der Waals surface area (Å²) in [6.07, 6.45) is 3.14. The van der Waals surface area contributed by atoms with Gasteiger partial charge in [-0.05, 0) is 36.1 Å². The second kappa shape index (κ2) is 4.78. The number of aryl methyl sites for hydroxylation is 1. The fraction of sp³-hybridized carbons (Fsp3) is 0.417. The van der Waals surface area contributed by atoms with Crippen LogP contribution in [0.2, 0.25) is 0 Å². The predicted molar refractivity (Wildman–Crippen MR) is 67.4 cm³/mol. The summed E-state index contributed by atoms with van der Waals surface area (Å²) in [6.45, 7) is 0.148. The number of rotatable bonds is 3. The second-order valence-electron chi connectivity index (χ2n) is 3.79. The van der Waals surface area contributed by atoms with Gasteiger partial charge in [-0.15, -0.1) is 0 Å².